The van der Waals surface area contributed by atoms with E-state index in [1.165, 1.54) is 18.1 Å². The van der Waals surface area contributed by atoms with Crippen LogP contribution in [0.5, 0.6) is 0 Å². The van der Waals surface area contributed by atoms with Crippen molar-refractivity contribution in [2.45, 2.75) is 17.2 Å². The van der Waals surface area contributed by atoms with Crippen molar-refractivity contribution in [3.63, 3.8) is 0 Å². The van der Waals surface area contributed by atoms with Gasteiger partial charge < -0.3 is 0 Å². The van der Waals surface area contributed by atoms with E-state index in [9.17, 15) is 0 Å². The summed E-state index contributed by atoms with van der Waals surface area (Å²) in [6.07, 6.45) is 3.14. The second-order valence-corrected chi connectivity index (χ2v) is 3.30. The van der Waals surface area contributed by atoms with Crippen molar-refractivity contribution >= 4 is 11.8 Å². The Morgan fingerprint density at radius 2 is 2.55 bits per heavy atom. The summed E-state index contributed by atoms with van der Waals surface area (Å²) in [6, 6.07) is 3.91. The fraction of sp³-hybridized carbons (Fsp3) is 0.286. The Bertz CT molecular complexity index is 254. The number of nitrogens with zero attached hydrogens (tertiary/aromatic N) is 3. The normalized spacial score (nSPS) is 12.0. The quantitative estimate of drug-likeness (QED) is 0.492. The molecule has 0 fully saturated rings. The summed E-state index contributed by atoms with van der Waals surface area (Å²) in [4.78, 5) is 7.74. The predicted molar refractivity (Wildman–Crippen MR) is 43.0 cm³/mol. The SMILES string of the molecule is CC(C#N)Sc1ccncn1. The molecule has 1 rings (SSSR count). The van der Waals surface area contributed by atoms with E-state index in [4.69, 9.17) is 5.26 Å². The van der Waals surface area contributed by atoms with Crippen LogP contribution in [0.25, 0.3) is 0 Å². The molecule has 0 bridgehead atoms. The zero-order chi connectivity index (χ0) is 8.10. The van der Waals surface area contributed by atoms with Gasteiger partial charge in [0.25, 0.3) is 0 Å². The number of nitriles is 1. The van der Waals surface area contributed by atoms with Crippen molar-refractivity contribution in [3.05, 3.63) is 18.6 Å². The average Bonchev–Trinajstić information content (AvgIpc) is 2.06. The molecule has 0 aliphatic carbocycles. The first-order chi connectivity index (χ1) is 5.33. The van der Waals surface area contributed by atoms with Gasteiger partial charge in [0.1, 0.15) is 11.4 Å². The van der Waals surface area contributed by atoms with Crippen molar-refractivity contribution in [2.24, 2.45) is 0 Å². The third-order valence-electron chi connectivity index (χ3n) is 1.03. The van der Waals surface area contributed by atoms with E-state index in [0.29, 0.717) is 0 Å². The highest BCUT2D eigenvalue weighted by molar-refractivity contribution is 8.00. The van der Waals surface area contributed by atoms with Crippen LogP contribution >= 0.6 is 11.8 Å². The van der Waals surface area contributed by atoms with Crippen molar-refractivity contribution in [1.82, 2.24) is 9.97 Å². The fourth-order valence-electron chi connectivity index (χ4n) is 0.556. The van der Waals surface area contributed by atoms with Gasteiger partial charge in [0.2, 0.25) is 0 Å². The number of hydrogen-bond donors (Lipinski definition) is 0. The summed E-state index contributed by atoms with van der Waals surface area (Å²) in [7, 11) is 0. The van der Waals surface area contributed by atoms with Gasteiger partial charge in [0.05, 0.1) is 11.3 Å². The molecule has 0 aliphatic heterocycles. The zero-order valence-corrected chi connectivity index (χ0v) is 6.88. The Labute approximate surface area is 69.5 Å². The molecule has 0 saturated heterocycles. The van der Waals surface area contributed by atoms with Crippen LogP contribution < -0.4 is 0 Å². The molecule has 0 amide bonds. The van der Waals surface area contributed by atoms with Crippen molar-refractivity contribution in [2.75, 3.05) is 0 Å². The Kier molecular flexibility index (Phi) is 2.87. The van der Waals surface area contributed by atoms with Crippen LogP contribution in [0.2, 0.25) is 0 Å². The third kappa shape index (κ3) is 2.56. The van der Waals surface area contributed by atoms with Crippen LogP contribution in [-0.2, 0) is 0 Å². The number of aromatic nitrogens is 2. The Balaban J connectivity index is 2.60. The number of hydrogen-bond acceptors (Lipinski definition) is 4. The van der Waals surface area contributed by atoms with Gasteiger partial charge in [-0.1, -0.05) is 11.8 Å². The lowest BCUT2D eigenvalue weighted by molar-refractivity contribution is 1.04. The van der Waals surface area contributed by atoms with Crippen LogP contribution in [0.15, 0.2) is 23.6 Å². The van der Waals surface area contributed by atoms with Gasteiger partial charge in [-0.25, -0.2) is 9.97 Å². The second-order valence-electron chi connectivity index (χ2n) is 1.94. The molecular weight excluding hydrogens is 158 g/mol. The molecule has 0 N–H and O–H groups in total. The van der Waals surface area contributed by atoms with Gasteiger partial charge in [0, 0.05) is 6.20 Å². The minimum absolute atomic E-state index is 0.0510. The highest BCUT2D eigenvalue weighted by Crippen LogP contribution is 2.18. The maximum atomic E-state index is 8.48. The molecule has 3 nitrogen and oxygen atoms in total. The van der Waals surface area contributed by atoms with E-state index in [-0.39, 0.29) is 5.25 Å². The van der Waals surface area contributed by atoms with Crippen molar-refractivity contribution in [1.29, 1.82) is 5.26 Å². The van der Waals surface area contributed by atoms with Crippen molar-refractivity contribution in [3.8, 4) is 6.07 Å². The molecule has 4 heteroatoms. The largest absolute Gasteiger partial charge is 0.245 e. The predicted octanol–water partition coefficient (Wildman–Crippen LogP) is 1.48. The summed E-state index contributed by atoms with van der Waals surface area (Å²) in [5.74, 6) is 0. The van der Waals surface area contributed by atoms with Crippen LogP contribution in [0.3, 0.4) is 0 Å². The van der Waals surface area contributed by atoms with Crippen LogP contribution in [0.4, 0.5) is 0 Å². The van der Waals surface area contributed by atoms with Crippen molar-refractivity contribution < 1.29 is 0 Å². The van der Waals surface area contributed by atoms with Gasteiger partial charge >= 0.3 is 0 Å². The highest BCUT2D eigenvalue weighted by atomic mass is 32.2. The average molecular weight is 165 g/mol. The number of rotatable bonds is 2. The summed E-state index contributed by atoms with van der Waals surface area (Å²) < 4.78 is 0. The number of thioether (sulfide) groups is 1. The van der Waals surface area contributed by atoms with Gasteiger partial charge in [-0.15, -0.1) is 0 Å². The summed E-state index contributed by atoms with van der Waals surface area (Å²) in [5.41, 5.74) is 0. The molecule has 1 heterocycles. The van der Waals surface area contributed by atoms with Gasteiger partial charge in [-0.3, -0.25) is 0 Å². The lowest BCUT2D eigenvalue weighted by atomic mass is 10.5. The standard InChI is InChI=1S/C7H7N3S/c1-6(4-8)11-7-2-3-9-5-10-7/h2-3,5-6H,1H3. The first-order valence-corrected chi connectivity index (χ1v) is 4.03. The zero-order valence-electron chi connectivity index (χ0n) is 6.06. The molecule has 1 aromatic rings. The highest BCUT2D eigenvalue weighted by Gasteiger charge is 2.01. The Hall–Kier alpha value is -1.08. The van der Waals surface area contributed by atoms with Crippen LogP contribution in [0.1, 0.15) is 6.92 Å². The molecule has 1 unspecified atom stereocenters. The fourth-order valence-corrected chi connectivity index (χ4v) is 1.22. The van der Waals surface area contributed by atoms with Crippen LogP contribution in [0, 0.1) is 11.3 Å². The van der Waals surface area contributed by atoms with E-state index in [1.54, 1.807) is 12.3 Å². The monoisotopic (exact) mass is 165 g/mol. The van der Waals surface area contributed by atoms with Gasteiger partial charge in [0.15, 0.2) is 0 Å². The lowest BCUT2D eigenvalue weighted by Crippen LogP contribution is -1.90. The molecule has 11 heavy (non-hydrogen) atoms. The van der Waals surface area contributed by atoms with E-state index in [0.717, 1.165) is 5.03 Å². The minimum Gasteiger partial charge on any atom is -0.245 e. The summed E-state index contributed by atoms with van der Waals surface area (Å²) >= 11 is 1.43. The third-order valence-corrected chi connectivity index (χ3v) is 1.98. The molecule has 0 saturated carbocycles. The minimum atomic E-state index is -0.0510. The van der Waals surface area contributed by atoms with E-state index in [2.05, 4.69) is 16.0 Å². The van der Waals surface area contributed by atoms with E-state index < -0.39 is 0 Å². The molecule has 1 aromatic heterocycles. The van der Waals surface area contributed by atoms with E-state index >= 15 is 0 Å². The molecule has 0 aromatic carbocycles. The van der Waals surface area contributed by atoms with Gasteiger partial charge in [-0.05, 0) is 13.0 Å². The molecule has 1 atom stereocenters. The first kappa shape index (κ1) is 8.02. The molecule has 0 spiro atoms. The van der Waals surface area contributed by atoms with E-state index in [1.807, 2.05) is 6.92 Å². The lowest BCUT2D eigenvalue weighted by Gasteiger charge is -1.98. The smallest absolute Gasteiger partial charge is 0.116 e. The molecule has 0 radical (unpaired) electrons. The maximum Gasteiger partial charge on any atom is 0.116 e. The molecular formula is C7H7N3S. The molecule has 56 valence electrons. The van der Waals surface area contributed by atoms with Crippen LogP contribution in [-0.4, -0.2) is 15.2 Å². The Morgan fingerprint density at radius 3 is 3.09 bits per heavy atom. The first-order valence-electron chi connectivity index (χ1n) is 3.15. The maximum absolute atomic E-state index is 8.48. The summed E-state index contributed by atoms with van der Waals surface area (Å²) in [6.45, 7) is 1.84. The topological polar surface area (TPSA) is 49.6 Å². The second kappa shape index (κ2) is 3.94. The Morgan fingerprint density at radius 1 is 1.73 bits per heavy atom. The summed E-state index contributed by atoms with van der Waals surface area (Å²) in [5, 5.41) is 9.27. The van der Waals surface area contributed by atoms with Gasteiger partial charge in [-0.2, -0.15) is 5.26 Å². The molecule has 0 aliphatic rings.